The smallest absolute Gasteiger partial charge is 0.229 e. The molecule has 1 aromatic heterocycles. The minimum atomic E-state index is -3.54. The third kappa shape index (κ3) is 6.69. The number of carbonyl (C=O) groups excluding carboxylic acids is 1. The SMILES string of the molecule is Cc1c(Oc2ccc(S(C)(=O)=O)cc2F)ncnc1OC1CCN(CC(=O)CCC#N)CC1. The first-order valence-electron chi connectivity index (χ1n) is 10.4. The van der Waals surface area contributed by atoms with Gasteiger partial charge in [0, 0.05) is 32.2 Å². The number of aromatic nitrogens is 2. The topological polar surface area (TPSA) is 122 Å². The van der Waals surface area contributed by atoms with E-state index in [1.807, 2.05) is 11.0 Å². The summed E-state index contributed by atoms with van der Waals surface area (Å²) in [6.07, 6.45) is 4.05. The summed E-state index contributed by atoms with van der Waals surface area (Å²) in [7, 11) is -3.54. The summed E-state index contributed by atoms with van der Waals surface area (Å²) >= 11 is 0. The maximum absolute atomic E-state index is 14.4. The van der Waals surface area contributed by atoms with E-state index in [1.54, 1.807) is 6.92 Å². The van der Waals surface area contributed by atoms with Crippen molar-refractivity contribution in [3.05, 3.63) is 35.9 Å². The summed E-state index contributed by atoms with van der Waals surface area (Å²) in [6, 6.07) is 5.38. The summed E-state index contributed by atoms with van der Waals surface area (Å²) in [4.78, 5) is 22.0. The van der Waals surface area contributed by atoms with Crippen molar-refractivity contribution in [1.82, 2.24) is 14.9 Å². The third-order valence-corrected chi connectivity index (χ3v) is 6.37. The molecule has 1 aromatic carbocycles. The molecule has 1 saturated heterocycles. The Morgan fingerprint density at radius 1 is 1.27 bits per heavy atom. The van der Waals surface area contributed by atoms with Crippen LogP contribution in [0, 0.1) is 24.1 Å². The second kappa shape index (κ2) is 10.7. The molecule has 2 heterocycles. The lowest BCUT2D eigenvalue weighted by molar-refractivity contribution is -0.120. The fourth-order valence-electron chi connectivity index (χ4n) is 3.41. The normalized spacial score (nSPS) is 15.1. The zero-order valence-corrected chi connectivity index (χ0v) is 19.3. The molecule has 1 fully saturated rings. The lowest BCUT2D eigenvalue weighted by Crippen LogP contribution is -2.40. The van der Waals surface area contributed by atoms with Crippen LogP contribution >= 0.6 is 0 Å². The van der Waals surface area contributed by atoms with Gasteiger partial charge in [0.15, 0.2) is 21.4 Å². The number of carbonyl (C=O) groups is 1. The van der Waals surface area contributed by atoms with E-state index >= 15 is 0 Å². The lowest BCUT2D eigenvalue weighted by Gasteiger charge is -2.31. The molecule has 176 valence electrons. The quantitative estimate of drug-likeness (QED) is 0.537. The van der Waals surface area contributed by atoms with Gasteiger partial charge in [0.2, 0.25) is 11.8 Å². The van der Waals surface area contributed by atoms with Crippen molar-refractivity contribution in [2.24, 2.45) is 0 Å². The molecule has 9 nitrogen and oxygen atoms in total. The van der Waals surface area contributed by atoms with Crippen LogP contribution in [0.15, 0.2) is 29.4 Å². The van der Waals surface area contributed by atoms with Crippen LogP contribution in [0.1, 0.15) is 31.2 Å². The van der Waals surface area contributed by atoms with Crippen LogP contribution in [0.3, 0.4) is 0 Å². The maximum Gasteiger partial charge on any atom is 0.229 e. The van der Waals surface area contributed by atoms with Crippen molar-refractivity contribution >= 4 is 15.6 Å². The Morgan fingerprint density at radius 2 is 1.97 bits per heavy atom. The van der Waals surface area contributed by atoms with Gasteiger partial charge in [-0.3, -0.25) is 9.69 Å². The largest absolute Gasteiger partial charge is 0.474 e. The number of ketones is 1. The molecule has 1 aliphatic heterocycles. The highest BCUT2D eigenvalue weighted by Gasteiger charge is 2.24. The average Bonchev–Trinajstić information content (AvgIpc) is 2.77. The Labute approximate surface area is 192 Å². The van der Waals surface area contributed by atoms with Gasteiger partial charge in [-0.05, 0) is 38.0 Å². The standard InChI is InChI=1S/C22H25FN4O5S/c1-15-21(31-17-7-10-27(11-8-17)13-16(28)4-3-9-24)25-14-26-22(15)32-20-6-5-18(12-19(20)23)33(2,29)30/h5-6,12,14,17H,3-4,7-8,10-11,13H2,1-2H3. The minimum Gasteiger partial charge on any atom is -0.474 e. The number of hydrogen-bond acceptors (Lipinski definition) is 9. The van der Waals surface area contributed by atoms with Gasteiger partial charge in [-0.2, -0.15) is 5.26 Å². The number of likely N-dealkylation sites (tertiary alicyclic amines) is 1. The number of piperidine rings is 1. The summed E-state index contributed by atoms with van der Waals surface area (Å²) < 4.78 is 49.1. The van der Waals surface area contributed by atoms with Crippen LogP contribution in [0.25, 0.3) is 0 Å². The second-order valence-electron chi connectivity index (χ2n) is 7.87. The van der Waals surface area contributed by atoms with Crippen LogP contribution in [0.5, 0.6) is 17.5 Å². The number of nitriles is 1. The van der Waals surface area contributed by atoms with Crippen molar-refractivity contribution in [1.29, 1.82) is 5.26 Å². The van der Waals surface area contributed by atoms with Gasteiger partial charge in [-0.15, -0.1) is 0 Å². The molecule has 0 atom stereocenters. The van der Waals surface area contributed by atoms with Gasteiger partial charge >= 0.3 is 0 Å². The average molecular weight is 477 g/mol. The van der Waals surface area contributed by atoms with Gasteiger partial charge in [0.05, 0.1) is 23.1 Å². The fraction of sp³-hybridized carbons (Fsp3) is 0.455. The van der Waals surface area contributed by atoms with Crippen LogP contribution in [0.4, 0.5) is 4.39 Å². The number of hydrogen-bond donors (Lipinski definition) is 0. The maximum atomic E-state index is 14.4. The van der Waals surface area contributed by atoms with Crippen molar-refractivity contribution < 1.29 is 27.1 Å². The molecule has 1 aliphatic rings. The Bertz CT molecular complexity index is 1160. The minimum absolute atomic E-state index is 0.0566. The molecular formula is C22H25FN4O5S. The molecule has 3 rings (SSSR count). The number of ether oxygens (including phenoxy) is 2. The van der Waals surface area contributed by atoms with Crippen LogP contribution in [0.2, 0.25) is 0 Å². The number of nitrogens with zero attached hydrogens (tertiary/aromatic N) is 4. The molecule has 11 heteroatoms. The van der Waals surface area contributed by atoms with Crippen LogP contribution in [-0.2, 0) is 14.6 Å². The van der Waals surface area contributed by atoms with E-state index in [9.17, 15) is 17.6 Å². The number of Topliss-reactive ketones (excluding diaryl/α,β-unsaturated/α-hetero) is 1. The van der Waals surface area contributed by atoms with Crippen LogP contribution < -0.4 is 9.47 Å². The number of halogens is 1. The third-order valence-electron chi connectivity index (χ3n) is 5.26. The summed E-state index contributed by atoms with van der Waals surface area (Å²) in [5.74, 6) is -0.510. The van der Waals surface area contributed by atoms with E-state index < -0.39 is 15.7 Å². The number of benzene rings is 1. The summed E-state index contributed by atoms with van der Waals surface area (Å²) in [5.41, 5.74) is 0.484. The Morgan fingerprint density at radius 3 is 2.61 bits per heavy atom. The Balaban J connectivity index is 1.61. The highest BCUT2D eigenvalue weighted by atomic mass is 32.2. The van der Waals surface area contributed by atoms with E-state index in [2.05, 4.69) is 9.97 Å². The Hall–Kier alpha value is -3.10. The molecule has 0 saturated carbocycles. The zero-order chi connectivity index (χ0) is 24.0. The van der Waals surface area contributed by atoms with Gasteiger partial charge in [-0.25, -0.2) is 22.8 Å². The van der Waals surface area contributed by atoms with Gasteiger partial charge < -0.3 is 9.47 Å². The summed E-state index contributed by atoms with van der Waals surface area (Å²) in [5, 5.41) is 8.58. The number of rotatable bonds is 9. The molecule has 0 radical (unpaired) electrons. The van der Waals surface area contributed by atoms with Gasteiger partial charge in [-0.1, -0.05) is 0 Å². The molecule has 0 aliphatic carbocycles. The van der Waals surface area contributed by atoms with Gasteiger partial charge in [0.25, 0.3) is 0 Å². The molecule has 33 heavy (non-hydrogen) atoms. The highest BCUT2D eigenvalue weighted by Crippen LogP contribution is 2.31. The number of sulfone groups is 1. The van der Waals surface area contributed by atoms with Crippen molar-refractivity contribution in [2.75, 3.05) is 25.9 Å². The molecular weight excluding hydrogens is 451 g/mol. The van der Waals surface area contributed by atoms with E-state index in [0.29, 0.717) is 43.9 Å². The molecule has 0 bridgehead atoms. The predicted octanol–water partition coefficient (Wildman–Crippen LogP) is 2.84. The van der Waals surface area contributed by atoms with E-state index in [0.717, 1.165) is 12.3 Å². The van der Waals surface area contributed by atoms with Crippen molar-refractivity contribution in [3.8, 4) is 23.6 Å². The van der Waals surface area contributed by atoms with E-state index in [1.165, 1.54) is 18.5 Å². The molecule has 0 amide bonds. The van der Waals surface area contributed by atoms with Gasteiger partial charge in [0.1, 0.15) is 18.2 Å². The monoisotopic (exact) mass is 476 g/mol. The molecule has 0 N–H and O–H groups in total. The Kier molecular flexibility index (Phi) is 7.94. The highest BCUT2D eigenvalue weighted by molar-refractivity contribution is 7.90. The zero-order valence-electron chi connectivity index (χ0n) is 18.5. The molecule has 0 spiro atoms. The summed E-state index contributed by atoms with van der Waals surface area (Å²) in [6.45, 7) is 3.40. The lowest BCUT2D eigenvalue weighted by atomic mass is 10.1. The van der Waals surface area contributed by atoms with E-state index in [4.69, 9.17) is 14.7 Å². The fourth-order valence-corrected chi connectivity index (χ4v) is 4.04. The first kappa shape index (κ1) is 24.5. The van der Waals surface area contributed by atoms with Crippen molar-refractivity contribution in [3.63, 3.8) is 0 Å². The first-order chi connectivity index (χ1) is 15.7. The first-order valence-corrected chi connectivity index (χ1v) is 12.3. The second-order valence-corrected chi connectivity index (χ2v) is 9.88. The van der Waals surface area contributed by atoms with Crippen LogP contribution in [-0.4, -0.2) is 61.1 Å². The predicted molar refractivity (Wildman–Crippen MR) is 116 cm³/mol. The van der Waals surface area contributed by atoms with Crippen molar-refractivity contribution in [2.45, 2.75) is 43.6 Å². The molecule has 2 aromatic rings. The molecule has 0 unspecified atom stereocenters. The van der Waals surface area contributed by atoms with E-state index in [-0.39, 0.29) is 41.3 Å².